The molecule has 0 saturated heterocycles. The lowest BCUT2D eigenvalue weighted by atomic mass is 10.0. The number of benzene rings is 1. The zero-order valence-electron chi connectivity index (χ0n) is 11.0. The Labute approximate surface area is 109 Å². The molecule has 0 spiro atoms. The molecule has 98 valence electrons. The van der Waals surface area contributed by atoms with Gasteiger partial charge < -0.3 is 10.6 Å². The minimum absolute atomic E-state index is 0.215. The van der Waals surface area contributed by atoms with Crippen molar-refractivity contribution in [3.63, 3.8) is 0 Å². The summed E-state index contributed by atoms with van der Waals surface area (Å²) in [5, 5.41) is 6.33. The van der Waals surface area contributed by atoms with E-state index in [9.17, 15) is 4.79 Å². The number of nitrogens with one attached hydrogen (secondary N) is 2. The maximum absolute atomic E-state index is 10.1. The van der Waals surface area contributed by atoms with Crippen LogP contribution >= 0.6 is 0 Å². The van der Waals surface area contributed by atoms with E-state index in [-0.39, 0.29) is 5.54 Å². The second-order valence-electron chi connectivity index (χ2n) is 4.99. The number of amides is 1. The highest BCUT2D eigenvalue weighted by Crippen LogP contribution is 2.45. The van der Waals surface area contributed by atoms with Crippen molar-refractivity contribution in [1.82, 2.24) is 10.6 Å². The molecule has 1 amide bonds. The Hall–Kier alpha value is -1.35. The lowest BCUT2D eigenvalue weighted by molar-refractivity contribution is -0.109. The van der Waals surface area contributed by atoms with Crippen LogP contribution in [0.15, 0.2) is 24.3 Å². The molecule has 3 heteroatoms. The third-order valence-corrected chi connectivity index (χ3v) is 3.68. The molecule has 0 bridgehead atoms. The van der Waals surface area contributed by atoms with Gasteiger partial charge in [0.05, 0.1) is 0 Å². The number of rotatable bonds is 8. The fraction of sp³-hybridized carbons (Fsp3) is 0.533. The zero-order valence-corrected chi connectivity index (χ0v) is 11.0. The van der Waals surface area contributed by atoms with Gasteiger partial charge in [-0.3, -0.25) is 4.79 Å². The van der Waals surface area contributed by atoms with Crippen LogP contribution in [0.1, 0.15) is 37.3 Å². The number of hydrogen-bond acceptors (Lipinski definition) is 2. The molecule has 3 nitrogen and oxygen atoms in total. The first kappa shape index (κ1) is 13.1. The van der Waals surface area contributed by atoms with Gasteiger partial charge in [-0.05, 0) is 43.4 Å². The molecule has 0 atom stereocenters. The van der Waals surface area contributed by atoms with E-state index in [0.717, 1.165) is 32.3 Å². The molecular weight excluding hydrogens is 224 g/mol. The molecule has 1 saturated carbocycles. The van der Waals surface area contributed by atoms with E-state index in [1.807, 2.05) is 0 Å². The summed E-state index contributed by atoms with van der Waals surface area (Å²) in [4.78, 5) is 10.1. The molecule has 0 unspecified atom stereocenters. The Morgan fingerprint density at radius 2 is 2.17 bits per heavy atom. The first-order valence-corrected chi connectivity index (χ1v) is 6.82. The summed E-state index contributed by atoms with van der Waals surface area (Å²) in [6.07, 6.45) is 5.28. The summed E-state index contributed by atoms with van der Waals surface area (Å²) in [5.74, 6) is 0. The van der Waals surface area contributed by atoms with Gasteiger partial charge in [0.1, 0.15) is 0 Å². The highest BCUT2D eigenvalue weighted by Gasteiger charge is 2.43. The van der Waals surface area contributed by atoms with Gasteiger partial charge in [0, 0.05) is 12.1 Å². The van der Waals surface area contributed by atoms with Gasteiger partial charge in [0.2, 0.25) is 6.41 Å². The van der Waals surface area contributed by atoms with Crippen molar-refractivity contribution < 1.29 is 4.79 Å². The van der Waals surface area contributed by atoms with Gasteiger partial charge in [-0.15, -0.1) is 0 Å². The standard InChI is InChI=1S/C15H22N2O/c1-2-13-5-3-6-14(11-13)15(7-8-15)17-10-4-9-16-12-18/h3,5-6,11-12,17H,2,4,7-10H2,1H3,(H,16,18). The van der Waals surface area contributed by atoms with Crippen LogP contribution in [-0.2, 0) is 16.8 Å². The fourth-order valence-electron chi connectivity index (χ4n) is 2.36. The molecule has 0 aromatic heterocycles. The molecule has 0 heterocycles. The van der Waals surface area contributed by atoms with Crippen molar-refractivity contribution >= 4 is 6.41 Å². The number of carbonyl (C=O) groups is 1. The van der Waals surface area contributed by atoms with E-state index < -0.39 is 0 Å². The Morgan fingerprint density at radius 1 is 1.33 bits per heavy atom. The molecule has 0 radical (unpaired) electrons. The molecule has 1 aliphatic carbocycles. The van der Waals surface area contributed by atoms with Crippen LogP contribution in [-0.4, -0.2) is 19.5 Å². The average Bonchev–Trinajstić information content (AvgIpc) is 3.20. The maximum atomic E-state index is 10.1. The predicted octanol–water partition coefficient (Wildman–Crippen LogP) is 1.96. The Morgan fingerprint density at radius 3 is 2.83 bits per heavy atom. The first-order valence-electron chi connectivity index (χ1n) is 6.82. The number of carbonyl (C=O) groups excluding carboxylic acids is 1. The van der Waals surface area contributed by atoms with Crippen molar-refractivity contribution in [2.24, 2.45) is 0 Å². The van der Waals surface area contributed by atoms with Gasteiger partial charge in [0.15, 0.2) is 0 Å². The van der Waals surface area contributed by atoms with Crippen molar-refractivity contribution in [2.45, 2.75) is 38.1 Å². The molecule has 1 aromatic carbocycles. The quantitative estimate of drug-likeness (QED) is 0.544. The molecular formula is C15H22N2O. The summed E-state index contributed by atoms with van der Waals surface area (Å²) in [7, 11) is 0. The summed E-state index contributed by atoms with van der Waals surface area (Å²) in [5.41, 5.74) is 3.04. The van der Waals surface area contributed by atoms with Crippen LogP contribution in [0.2, 0.25) is 0 Å². The van der Waals surface area contributed by atoms with Crippen LogP contribution in [0, 0.1) is 0 Å². The third kappa shape index (κ3) is 3.10. The topological polar surface area (TPSA) is 41.1 Å². The predicted molar refractivity (Wildman–Crippen MR) is 73.4 cm³/mol. The van der Waals surface area contributed by atoms with Gasteiger partial charge in [0.25, 0.3) is 0 Å². The van der Waals surface area contributed by atoms with Gasteiger partial charge in [-0.25, -0.2) is 0 Å². The molecule has 2 N–H and O–H groups in total. The lowest BCUT2D eigenvalue weighted by Crippen LogP contribution is -2.31. The SMILES string of the molecule is CCc1cccc(C2(NCCCNC=O)CC2)c1. The molecule has 18 heavy (non-hydrogen) atoms. The Bertz CT molecular complexity index is 399. The van der Waals surface area contributed by atoms with E-state index in [0.29, 0.717) is 0 Å². The summed E-state index contributed by atoms with van der Waals surface area (Å²) in [6.45, 7) is 3.90. The maximum Gasteiger partial charge on any atom is 0.207 e. The van der Waals surface area contributed by atoms with Crippen molar-refractivity contribution in [1.29, 1.82) is 0 Å². The van der Waals surface area contributed by atoms with Crippen molar-refractivity contribution in [3.05, 3.63) is 35.4 Å². The minimum atomic E-state index is 0.215. The second kappa shape index (κ2) is 6.01. The summed E-state index contributed by atoms with van der Waals surface area (Å²) < 4.78 is 0. The molecule has 0 aliphatic heterocycles. The monoisotopic (exact) mass is 246 g/mol. The molecule has 1 aliphatic rings. The van der Waals surface area contributed by atoms with E-state index in [4.69, 9.17) is 0 Å². The highest BCUT2D eigenvalue weighted by molar-refractivity contribution is 5.45. The largest absolute Gasteiger partial charge is 0.359 e. The molecule has 1 fully saturated rings. The van der Waals surface area contributed by atoms with Crippen LogP contribution in [0.4, 0.5) is 0 Å². The van der Waals surface area contributed by atoms with Crippen molar-refractivity contribution in [2.75, 3.05) is 13.1 Å². The first-order chi connectivity index (χ1) is 8.80. The van der Waals surface area contributed by atoms with Crippen molar-refractivity contribution in [3.8, 4) is 0 Å². The normalized spacial score (nSPS) is 16.3. The van der Waals surface area contributed by atoms with Crippen LogP contribution in [0.5, 0.6) is 0 Å². The Kier molecular flexibility index (Phi) is 4.37. The molecule has 1 aromatic rings. The van der Waals surface area contributed by atoms with Gasteiger partial charge in [-0.1, -0.05) is 31.2 Å². The van der Waals surface area contributed by atoms with E-state index >= 15 is 0 Å². The van der Waals surface area contributed by atoms with Gasteiger partial charge in [-0.2, -0.15) is 0 Å². The lowest BCUT2D eigenvalue weighted by Gasteiger charge is -2.18. The Balaban J connectivity index is 1.88. The van der Waals surface area contributed by atoms with Crippen LogP contribution < -0.4 is 10.6 Å². The summed E-state index contributed by atoms with van der Waals surface area (Å²) in [6, 6.07) is 8.89. The molecule has 2 rings (SSSR count). The zero-order chi connectivity index (χ0) is 12.8. The van der Waals surface area contributed by atoms with Gasteiger partial charge >= 0.3 is 0 Å². The average molecular weight is 246 g/mol. The smallest absolute Gasteiger partial charge is 0.207 e. The third-order valence-electron chi connectivity index (χ3n) is 3.68. The number of aryl methyl sites for hydroxylation is 1. The number of hydrogen-bond donors (Lipinski definition) is 2. The van der Waals surface area contributed by atoms with E-state index in [1.165, 1.54) is 24.0 Å². The van der Waals surface area contributed by atoms with Crippen LogP contribution in [0.3, 0.4) is 0 Å². The van der Waals surface area contributed by atoms with E-state index in [1.54, 1.807) is 0 Å². The minimum Gasteiger partial charge on any atom is -0.359 e. The van der Waals surface area contributed by atoms with E-state index in [2.05, 4.69) is 41.8 Å². The second-order valence-corrected chi connectivity index (χ2v) is 4.99. The highest BCUT2D eigenvalue weighted by atomic mass is 16.1. The van der Waals surface area contributed by atoms with Crippen LogP contribution in [0.25, 0.3) is 0 Å². The summed E-state index contributed by atoms with van der Waals surface area (Å²) >= 11 is 0. The fourth-order valence-corrected chi connectivity index (χ4v) is 2.36.